The second-order valence-corrected chi connectivity index (χ2v) is 6.91. The van der Waals surface area contributed by atoms with Gasteiger partial charge in [0.15, 0.2) is 5.82 Å². The zero-order chi connectivity index (χ0) is 20.4. The third-order valence-corrected chi connectivity index (χ3v) is 5.06. The van der Waals surface area contributed by atoms with Crippen molar-refractivity contribution in [1.29, 1.82) is 0 Å². The smallest absolute Gasteiger partial charge is 0.224 e. The molecule has 148 valence electrons. The van der Waals surface area contributed by atoms with Crippen LogP contribution in [-0.4, -0.2) is 40.2 Å². The van der Waals surface area contributed by atoms with Crippen LogP contribution in [-0.2, 0) is 6.54 Å². The molecule has 0 saturated heterocycles. The van der Waals surface area contributed by atoms with Gasteiger partial charge in [0.1, 0.15) is 5.82 Å². The molecule has 6 heteroatoms. The summed E-state index contributed by atoms with van der Waals surface area (Å²) in [6.07, 6.45) is 0.551. The number of fused-ring (bicyclic) bond motifs is 2. The van der Waals surface area contributed by atoms with E-state index in [1.165, 1.54) is 0 Å². The van der Waals surface area contributed by atoms with Crippen LogP contribution >= 0.6 is 0 Å². The Hall–Kier alpha value is -3.38. The first kappa shape index (κ1) is 19.0. The Labute approximate surface area is 170 Å². The maximum atomic E-state index is 9.05. The van der Waals surface area contributed by atoms with Gasteiger partial charge >= 0.3 is 0 Å². The molecule has 1 N–H and O–H groups in total. The second-order valence-electron chi connectivity index (χ2n) is 6.91. The molecule has 6 nitrogen and oxygen atoms in total. The minimum absolute atomic E-state index is 0.0784. The highest BCUT2D eigenvalue weighted by Gasteiger charge is 2.27. The maximum Gasteiger partial charge on any atom is 0.224 e. The third-order valence-electron chi connectivity index (χ3n) is 5.06. The first-order chi connectivity index (χ1) is 14.1. The molecule has 0 saturated carbocycles. The van der Waals surface area contributed by atoms with E-state index < -0.39 is 0 Å². The van der Waals surface area contributed by atoms with Crippen molar-refractivity contribution in [2.24, 2.45) is 0 Å². The highest BCUT2D eigenvalue weighted by molar-refractivity contribution is 5.83. The van der Waals surface area contributed by atoms with Crippen molar-refractivity contribution in [3.05, 3.63) is 78.9 Å². The van der Waals surface area contributed by atoms with Crippen molar-refractivity contribution in [3.63, 3.8) is 0 Å². The van der Waals surface area contributed by atoms with Crippen LogP contribution in [0.2, 0.25) is 0 Å². The number of ether oxygens (including phenoxy) is 1. The molecule has 3 aromatic rings. The molecule has 29 heavy (non-hydrogen) atoms. The number of aliphatic hydroxyl groups excluding tert-OH is 1. The maximum absolute atomic E-state index is 9.05. The van der Waals surface area contributed by atoms with Crippen LogP contribution in [0.5, 0.6) is 5.88 Å². The third kappa shape index (κ3) is 3.54. The molecule has 1 aliphatic heterocycles. The molecule has 0 fully saturated rings. The topological polar surface area (TPSA) is 61.7 Å². The van der Waals surface area contributed by atoms with E-state index in [0.717, 1.165) is 33.7 Å². The van der Waals surface area contributed by atoms with Crippen molar-refractivity contribution in [3.8, 4) is 5.88 Å². The zero-order valence-corrected chi connectivity index (χ0v) is 16.5. The van der Waals surface area contributed by atoms with Crippen molar-refractivity contribution in [2.45, 2.75) is 13.0 Å². The minimum atomic E-state index is 0.0784. The Morgan fingerprint density at radius 2 is 1.79 bits per heavy atom. The van der Waals surface area contributed by atoms with E-state index in [1.807, 2.05) is 53.2 Å². The molecule has 4 rings (SSSR count). The Kier molecular flexibility index (Phi) is 5.18. The second kappa shape index (κ2) is 7.93. The van der Waals surface area contributed by atoms with Crippen LogP contribution in [0.1, 0.15) is 17.8 Å². The fraction of sp³-hybridized carbons (Fsp3) is 0.217. The standard InChI is InChI=1S/C23H24N4O2/c1-16-18-9-5-7-12-21(18)26(3)17(2)27(16)15-22-24-20-11-6-4-10-19(20)23(25-22)29-14-8-13-28/h4-7,9-12,28H,1-2,8,13-15H2,3H3. The Balaban J connectivity index is 1.69. The van der Waals surface area contributed by atoms with Crippen molar-refractivity contribution >= 4 is 22.3 Å². The predicted molar refractivity (Wildman–Crippen MR) is 115 cm³/mol. The number of hydrogen-bond donors (Lipinski definition) is 1. The molecule has 0 spiro atoms. The molecule has 2 aromatic carbocycles. The van der Waals surface area contributed by atoms with E-state index in [4.69, 9.17) is 14.8 Å². The van der Waals surface area contributed by atoms with E-state index in [9.17, 15) is 0 Å². The SMILES string of the molecule is C=C1c2ccccc2N(C)C(=C)N1Cc1nc(OCCCO)c2ccccc2n1. The molecule has 1 aromatic heterocycles. The van der Waals surface area contributed by atoms with Crippen molar-refractivity contribution < 1.29 is 9.84 Å². The lowest BCUT2D eigenvalue weighted by Crippen LogP contribution is -2.36. The molecular formula is C23H24N4O2. The summed E-state index contributed by atoms with van der Waals surface area (Å²) in [4.78, 5) is 13.4. The van der Waals surface area contributed by atoms with Gasteiger partial charge in [0, 0.05) is 31.3 Å². The number of aliphatic hydroxyl groups is 1. The summed E-state index contributed by atoms with van der Waals surface area (Å²) >= 11 is 0. The number of nitrogens with zero attached hydrogens (tertiary/aromatic N) is 4. The number of anilines is 1. The Bertz CT molecular complexity index is 1080. The summed E-state index contributed by atoms with van der Waals surface area (Å²) in [7, 11) is 1.99. The normalized spacial score (nSPS) is 13.7. The molecular weight excluding hydrogens is 364 g/mol. The number of para-hydroxylation sites is 2. The molecule has 0 unspecified atom stereocenters. The number of aromatic nitrogens is 2. The molecule has 0 amide bonds. The van der Waals surface area contributed by atoms with Gasteiger partial charge in [0.05, 0.1) is 29.7 Å². The first-order valence-corrected chi connectivity index (χ1v) is 9.58. The molecule has 0 aliphatic carbocycles. The van der Waals surface area contributed by atoms with E-state index >= 15 is 0 Å². The highest BCUT2D eigenvalue weighted by Crippen LogP contribution is 2.38. The molecule has 0 radical (unpaired) electrons. The average Bonchev–Trinajstić information content (AvgIpc) is 2.75. The van der Waals surface area contributed by atoms with Gasteiger partial charge in [0.25, 0.3) is 0 Å². The zero-order valence-electron chi connectivity index (χ0n) is 16.5. The highest BCUT2D eigenvalue weighted by atomic mass is 16.5. The summed E-state index contributed by atoms with van der Waals surface area (Å²) in [6.45, 7) is 9.44. The first-order valence-electron chi connectivity index (χ1n) is 9.58. The molecule has 0 atom stereocenters. The molecule has 2 heterocycles. The van der Waals surface area contributed by atoms with Crippen molar-refractivity contribution in [1.82, 2.24) is 14.9 Å². The molecule has 1 aliphatic rings. The van der Waals surface area contributed by atoms with Gasteiger partial charge in [-0.05, 0) is 18.2 Å². The Morgan fingerprint density at radius 3 is 2.62 bits per heavy atom. The monoisotopic (exact) mass is 388 g/mol. The molecule has 0 bridgehead atoms. The van der Waals surface area contributed by atoms with Crippen LogP contribution < -0.4 is 9.64 Å². The van der Waals surface area contributed by atoms with Gasteiger partial charge in [-0.3, -0.25) is 0 Å². The van der Waals surface area contributed by atoms with E-state index in [2.05, 4.69) is 30.3 Å². The number of rotatable bonds is 6. The van der Waals surface area contributed by atoms with Gasteiger partial charge < -0.3 is 19.6 Å². The quantitative estimate of drug-likeness (QED) is 0.649. The summed E-state index contributed by atoms with van der Waals surface area (Å²) < 4.78 is 5.84. The van der Waals surface area contributed by atoms with E-state index in [1.54, 1.807) is 0 Å². The fourth-order valence-corrected chi connectivity index (χ4v) is 3.47. The number of hydrogen-bond acceptors (Lipinski definition) is 6. The van der Waals surface area contributed by atoms with E-state index in [0.29, 0.717) is 31.3 Å². The lowest BCUT2D eigenvalue weighted by Gasteiger charge is -2.40. The largest absolute Gasteiger partial charge is 0.477 e. The summed E-state index contributed by atoms with van der Waals surface area (Å²) in [6, 6.07) is 15.9. The lowest BCUT2D eigenvalue weighted by molar-refractivity contribution is 0.230. The van der Waals surface area contributed by atoms with E-state index in [-0.39, 0.29) is 6.61 Å². The number of benzene rings is 2. The average molecular weight is 388 g/mol. The van der Waals surface area contributed by atoms with Crippen LogP contribution in [0.25, 0.3) is 16.6 Å². The van der Waals surface area contributed by atoms with Gasteiger partial charge in [-0.25, -0.2) is 4.98 Å². The van der Waals surface area contributed by atoms with Gasteiger partial charge in [0.2, 0.25) is 5.88 Å². The van der Waals surface area contributed by atoms with Crippen LogP contribution in [0, 0.1) is 0 Å². The summed E-state index contributed by atoms with van der Waals surface area (Å²) in [5.74, 6) is 1.96. The van der Waals surface area contributed by atoms with Gasteiger partial charge in [-0.2, -0.15) is 4.98 Å². The Morgan fingerprint density at radius 1 is 1.03 bits per heavy atom. The predicted octanol–water partition coefficient (Wildman–Crippen LogP) is 3.78. The minimum Gasteiger partial charge on any atom is -0.477 e. The van der Waals surface area contributed by atoms with Crippen LogP contribution in [0.15, 0.2) is 67.5 Å². The summed E-state index contributed by atoms with van der Waals surface area (Å²) in [5.41, 5.74) is 3.82. The fourth-order valence-electron chi connectivity index (χ4n) is 3.47. The van der Waals surface area contributed by atoms with Crippen LogP contribution in [0.4, 0.5) is 5.69 Å². The van der Waals surface area contributed by atoms with Gasteiger partial charge in [-0.1, -0.05) is 43.5 Å². The van der Waals surface area contributed by atoms with Gasteiger partial charge in [-0.15, -0.1) is 0 Å². The summed E-state index contributed by atoms with van der Waals surface area (Å²) in [5, 5.41) is 9.90. The van der Waals surface area contributed by atoms with Crippen LogP contribution in [0.3, 0.4) is 0 Å². The van der Waals surface area contributed by atoms with Crippen molar-refractivity contribution in [2.75, 3.05) is 25.2 Å². The lowest BCUT2D eigenvalue weighted by atomic mass is 10.1.